The van der Waals surface area contributed by atoms with Crippen molar-refractivity contribution in [1.82, 2.24) is 25.3 Å². The molecule has 0 radical (unpaired) electrons. The average molecular weight is 219 g/mol. The summed E-state index contributed by atoms with van der Waals surface area (Å²) in [6, 6.07) is 4.03. The van der Waals surface area contributed by atoms with Gasteiger partial charge in [0, 0.05) is 19.1 Å². The van der Waals surface area contributed by atoms with Crippen LogP contribution in [0.1, 0.15) is 12.8 Å². The molecule has 2 aromatic heterocycles. The van der Waals surface area contributed by atoms with Gasteiger partial charge in [-0.2, -0.15) is 0 Å². The van der Waals surface area contributed by atoms with Crippen LogP contribution in [0, 0.1) is 0 Å². The van der Waals surface area contributed by atoms with Crippen LogP contribution < -0.4 is 10.6 Å². The molecule has 3 heterocycles. The van der Waals surface area contributed by atoms with Gasteiger partial charge in [0.15, 0.2) is 11.5 Å². The third-order valence-corrected chi connectivity index (χ3v) is 2.84. The van der Waals surface area contributed by atoms with Gasteiger partial charge < -0.3 is 10.6 Å². The van der Waals surface area contributed by atoms with Crippen LogP contribution in [-0.4, -0.2) is 44.4 Å². The van der Waals surface area contributed by atoms with Crippen LogP contribution in [0.4, 0.5) is 5.82 Å². The van der Waals surface area contributed by atoms with E-state index in [1.165, 1.54) is 4.63 Å². The van der Waals surface area contributed by atoms with Gasteiger partial charge in [0.2, 0.25) is 0 Å². The first kappa shape index (κ1) is 9.46. The van der Waals surface area contributed by atoms with Crippen LogP contribution in [0.3, 0.4) is 0 Å². The number of anilines is 1. The quantitative estimate of drug-likeness (QED) is 0.692. The highest BCUT2D eigenvalue weighted by Gasteiger charge is 2.18. The molecule has 3 rings (SSSR count). The fourth-order valence-corrected chi connectivity index (χ4v) is 2.03. The van der Waals surface area contributed by atoms with Gasteiger partial charge in [0.05, 0.1) is 0 Å². The highest BCUT2D eigenvalue weighted by molar-refractivity contribution is 5.44. The topological polar surface area (TPSA) is 85.2 Å². The summed E-state index contributed by atoms with van der Waals surface area (Å²) in [5.74, 6) is 0.884. The Morgan fingerprint density at radius 3 is 3.19 bits per heavy atom. The number of hydrogen-bond donors (Lipinski definition) is 1. The van der Waals surface area contributed by atoms with Crippen LogP contribution in [-0.2, 0) is 0 Å². The van der Waals surface area contributed by atoms with Crippen molar-refractivity contribution in [1.29, 1.82) is 0 Å². The van der Waals surface area contributed by atoms with E-state index in [4.69, 9.17) is 5.73 Å². The fourth-order valence-electron chi connectivity index (χ4n) is 2.03. The zero-order valence-electron chi connectivity index (χ0n) is 8.82. The lowest BCUT2D eigenvalue weighted by Gasteiger charge is -2.31. The van der Waals surface area contributed by atoms with E-state index < -0.39 is 0 Å². The monoisotopic (exact) mass is 219 g/mol. The molecule has 0 spiro atoms. The first-order valence-electron chi connectivity index (χ1n) is 5.39. The minimum Gasteiger partial charge on any atom is -0.354 e. The van der Waals surface area contributed by atoms with E-state index in [1.807, 2.05) is 12.1 Å². The smallest absolute Gasteiger partial charge is 0.200 e. The largest absolute Gasteiger partial charge is 0.354 e. The Labute approximate surface area is 92.2 Å². The summed E-state index contributed by atoms with van der Waals surface area (Å²) in [4.78, 5) is 2.18. The minimum absolute atomic E-state index is 0.236. The lowest BCUT2D eigenvalue weighted by Crippen LogP contribution is -2.43. The molecule has 1 atom stereocenters. The van der Waals surface area contributed by atoms with Crippen molar-refractivity contribution in [2.75, 3.05) is 18.0 Å². The Hall–Kier alpha value is -1.76. The molecule has 7 heteroatoms. The van der Waals surface area contributed by atoms with Crippen molar-refractivity contribution in [3.05, 3.63) is 12.1 Å². The van der Waals surface area contributed by atoms with Crippen molar-refractivity contribution < 1.29 is 0 Å². The molecule has 16 heavy (non-hydrogen) atoms. The zero-order valence-corrected chi connectivity index (χ0v) is 8.82. The van der Waals surface area contributed by atoms with Crippen LogP contribution >= 0.6 is 0 Å². The Morgan fingerprint density at radius 1 is 1.38 bits per heavy atom. The highest BCUT2D eigenvalue weighted by atomic mass is 15.6. The molecular formula is C9H13N7. The van der Waals surface area contributed by atoms with E-state index in [2.05, 4.69) is 25.5 Å². The third kappa shape index (κ3) is 1.58. The van der Waals surface area contributed by atoms with Crippen LogP contribution in [0.5, 0.6) is 0 Å². The number of nitrogens with zero attached hydrogens (tertiary/aromatic N) is 6. The van der Waals surface area contributed by atoms with Gasteiger partial charge in [0.1, 0.15) is 0 Å². The molecule has 84 valence electrons. The molecule has 1 fully saturated rings. The van der Waals surface area contributed by atoms with Crippen LogP contribution in [0.15, 0.2) is 12.1 Å². The van der Waals surface area contributed by atoms with Crippen LogP contribution in [0.25, 0.3) is 5.65 Å². The zero-order chi connectivity index (χ0) is 11.0. The molecule has 2 aromatic rings. The Morgan fingerprint density at radius 2 is 2.31 bits per heavy atom. The van der Waals surface area contributed by atoms with E-state index in [1.54, 1.807) is 0 Å². The Balaban J connectivity index is 1.92. The molecule has 0 aliphatic carbocycles. The number of hydrogen-bond acceptors (Lipinski definition) is 6. The van der Waals surface area contributed by atoms with Crippen molar-refractivity contribution in [3.8, 4) is 0 Å². The van der Waals surface area contributed by atoms with Gasteiger partial charge in [-0.05, 0) is 35.4 Å². The molecule has 2 N–H and O–H groups in total. The predicted molar refractivity (Wildman–Crippen MR) is 58.0 cm³/mol. The first-order valence-corrected chi connectivity index (χ1v) is 5.39. The highest BCUT2D eigenvalue weighted by Crippen LogP contribution is 2.16. The van der Waals surface area contributed by atoms with Gasteiger partial charge in [-0.15, -0.1) is 14.8 Å². The second kappa shape index (κ2) is 3.67. The molecule has 0 amide bonds. The van der Waals surface area contributed by atoms with Crippen molar-refractivity contribution in [3.63, 3.8) is 0 Å². The molecule has 1 aliphatic rings. The van der Waals surface area contributed by atoms with Gasteiger partial charge in [-0.3, -0.25) is 0 Å². The summed E-state index contributed by atoms with van der Waals surface area (Å²) < 4.78 is 1.44. The number of nitrogens with two attached hydrogens (primary N) is 1. The lowest BCUT2D eigenvalue weighted by atomic mass is 10.1. The summed E-state index contributed by atoms with van der Waals surface area (Å²) >= 11 is 0. The summed E-state index contributed by atoms with van der Waals surface area (Å²) in [6.45, 7) is 1.84. The lowest BCUT2D eigenvalue weighted by molar-refractivity contribution is 0.500. The Bertz CT molecular complexity index is 493. The number of piperidine rings is 1. The van der Waals surface area contributed by atoms with Crippen molar-refractivity contribution >= 4 is 11.5 Å². The molecule has 0 aromatic carbocycles. The molecule has 1 aliphatic heterocycles. The molecular weight excluding hydrogens is 206 g/mol. The third-order valence-electron chi connectivity index (χ3n) is 2.84. The van der Waals surface area contributed by atoms with E-state index in [0.717, 1.165) is 31.7 Å². The maximum atomic E-state index is 5.94. The standard InChI is InChI=1S/C9H13N7/c10-7-2-1-5-15(6-7)9-4-3-8-11-13-14-16(8)12-9/h3-4,7H,1-2,5-6,10H2. The first-order chi connectivity index (χ1) is 7.83. The second-order valence-corrected chi connectivity index (χ2v) is 4.07. The minimum atomic E-state index is 0.236. The summed E-state index contributed by atoms with van der Waals surface area (Å²) in [5.41, 5.74) is 6.60. The Kier molecular flexibility index (Phi) is 2.17. The second-order valence-electron chi connectivity index (χ2n) is 4.07. The van der Waals surface area contributed by atoms with E-state index in [0.29, 0.717) is 5.65 Å². The summed E-state index contributed by atoms with van der Waals surface area (Å²) in [6.07, 6.45) is 2.19. The molecule has 1 unspecified atom stereocenters. The average Bonchev–Trinajstić information content (AvgIpc) is 2.75. The SMILES string of the molecule is NC1CCCN(c2ccc3nnnn3n2)C1. The summed E-state index contributed by atoms with van der Waals surface area (Å²) in [5, 5.41) is 15.5. The molecule has 7 nitrogen and oxygen atoms in total. The van der Waals surface area contributed by atoms with E-state index >= 15 is 0 Å². The van der Waals surface area contributed by atoms with Gasteiger partial charge >= 0.3 is 0 Å². The maximum absolute atomic E-state index is 5.94. The maximum Gasteiger partial charge on any atom is 0.200 e. The summed E-state index contributed by atoms with van der Waals surface area (Å²) in [7, 11) is 0. The molecule has 0 bridgehead atoms. The van der Waals surface area contributed by atoms with Crippen molar-refractivity contribution in [2.45, 2.75) is 18.9 Å². The van der Waals surface area contributed by atoms with Gasteiger partial charge in [0.25, 0.3) is 0 Å². The van der Waals surface area contributed by atoms with Crippen LogP contribution in [0.2, 0.25) is 0 Å². The van der Waals surface area contributed by atoms with E-state index in [9.17, 15) is 0 Å². The number of tetrazole rings is 1. The van der Waals surface area contributed by atoms with Gasteiger partial charge in [-0.1, -0.05) is 0 Å². The van der Waals surface area contributed by atoms with Crippen molar-refractivity contribution in [2.24, 2.45) is 5.73 Å². The fraction of sp³-hybridized carbons (Fsp3) is 0.556. The number of aromatic nitrogens is 5. The van der Waals surface area contributed by atoms with E-state index in [-0.39, 0.29) is 6.04 Å². The van der Waals surface area contributed by atoms with Gasteiger partial charge in [-0.25, -0.2) is 0 Å². The number of fused-ring (bicyclic) bond motifs is 1. The number of rotatable bonds is 1. The predicted octanol–water partition coefficient (Wildman–Crippen LogP) is -0.553. The molecule has 1 saturated heterocycles. The molecule has 0 saturated carbocycles. The normalized spacial score (nSPS) is 21.6.